The third-order valence-electron chi connectivity index (χ3n) is 7.36. The van der Waals surface area contributed by atoms with Crippen molar-refractivity contribution in [2.75, 3.05) is 21.3 Å². The van der Waals surface area contributed by atoms with Crippen LogP contribution < -0.4 is 0 Å². The molecule has 0 saturated heterocycles. The van der Waals surface area contributed by atoms with E-state index >= 15 is 0 Å². The van der Waals surface area contributed by atoms with Crippen molar-refractivity contribution in [1.82, 2.24) is 0 Å². The highest BCUT2D eigenvalue weighted by Gasteiger charge is 2.41. The van der Waals surface area contributed by atoms with Gasteiger partial charge in [-0.15, -0.1) is 0 Å². The number of rotatable bonds is 8. The van der Waals surface area contributed by atoms with Crippen LogP contribution in [0.3, 0.4) is 0 Å². The SMILES string of the molecule is COC(=O)c1ccc(C(C=O)CC(OC)(OC)c2ccc3c(c2)C(C)(C)CCC3(C)C)cc1. The minimum atomic E-state index is -1.08. The maximum atomic E-state index is 12.1. The minimum absolute atomic E-state index is 0.0435. The molecule has 2 aromatic rings. The molecule has 0 N–H and O–H groups in total. The van der Waals surface area contributed by atoms with E-state index in [1.165, 1.54) is 18.2 Å². The van der Waals surface area contributed by atoms with E-state index < -0.39 is 17.7 Å². The average molecular weight is 453 g/mol. The zero-order valence-electron chi connectivity index (χ0n) is 20.9. The zero-order chi connectivity index (χ0) is 24.4. The van der Waals surface area contributed by atoms with Crippen LogP contribution in [0, 0.1) is 0 Å². The first-order valence-corrected chi connectivity index (χ1v) is 11.4. The van der Waals surface area contributed by atoms with Crippen molar-refractivity contribution in [1.29, 1.82) is 0 Å². The Labute approximate surface area is 197 Å². The van der Waals surface area contributed by atoms with E-state index in [0.717, 1.165) is 30.3 Å². The predicted molar refractivity (Wildman–Crippen MR) is 129 cm³/mol. The number of methoxy groups -OCH3 is 3. The lowest BCUT2D eigenvalue weighted by molar-refractivity contribution is -0.222. The van der Waals surface area contributed by atoms with Crippen LogP contribution in [0.1, 0.15) is 85.5 Å². The molecule has 1 aliphatic rings. The molecular weight excluding hydrogens is 416 g/mol. The molecule has 0 amide bonds. The summed E-state index contributed by atoms with van der Waals surface area (Å²) in [6, 6.07) is 13.4. The predicted octanol–water partition coefficient (Wildman–Crippen LogP) is 5.64. The molecule has 0 radical (unpaired) electrons. The Bertz CT molecular complexity index is 999. The summed E-state index contributed by atoms with van der Waals surface area (Å²) in [4.78, 5) is 23.9. The molecule has 0 heterocycles. The quantitative estimate of drug-likeness (QED) is 0.295. The van der Waals surface area contributed by atoms with Gasteiger partial charge < -0.3 is 19.0 Å². The van der Waals surface area contributed by atoms with Crippen molar-refractivity contribution < 1.29 is 23.8 Å². The molecule has 0 aromatic heterocycles. The molecular formula is C28H36O5. The standard InChI is InChI=1S/C28H36O5/c1-26(2)14-15-27(3,4)24-16-22(12-13-23(24)26)28(32-6,33-7)17-21(18-29)19-8-10-20(11-9-19)25(30)31-5/h8-13,16,18,21H,14-15,17H2,1-7H3. The van der Waals surface area contributed by atoms with Gasteiger partial charge in [-0.1, -0.05) is 52.0 Å². The highest BCUT2D eigenvalue weighted by atomic mass is 16.7. The number of aldehydes is 1. The third kappa shape index (κ3) is 4.75. The van der Waals surface area contributed by atoms with Gasteiger partial charge in [0.1, 0.15) is 6.29 Å². The molecule has 5 heteroatoms. The summed E-state index contributed by atoms with van der Waals surface area (Å²) in [5.41, 5.74) is 4.94. The lowest BCUT2D eigenvalue weighted by Crippen LogP contribution is -2.37. The van der Waals surface area contributed by atoms with E-state index in [-0.39, 0.29) is 10.8 Å². The number of ether oxygens (including phenoxy) is 3. The van der Waals surface area contributed by atoms with Crippen molar-refractivity contribution >= 4 is 12.3 Å². The second-order valence-electron chi connectivity index (χ2n) is 10.2. The van der Waals surface area contributed by atoms with Crippen LogP contribution in [0.5, 0.6) is 0 Å². The van der Waals surface area contributed by atoms with Gasteiger partial charge in [0.2, 0.25) is 0 Å². The number of fused-ring (bicyclic) bond motifs is 1. The summed E-state index contributed by atoms with van der Waals surface area (Å²) in [6.07, 6.45) is 3.46. The molecule has 1 aliphatic carbocycles. The summed E-state index contributed by atoms with van der Waals surface area (Å²) >= 11 is 0. The van der Waals surface area contributed by atoms with Crippen LogP contribution in [0.25, 0.3) is 0 Å². The Balaban J connectivity index is 2.00. The fraction of sp³-hybridized carbons (Fsp3) is 0.500. The highest BCUT2D eigenvalue weighted by molar-refractivity contribution is 5.89. The Kier molecular flexibility index (Phi) is 7.15. The van der Waals surface area contributed by atoms with Gasteiger partial charge >= 0.3 is 5.97 Å². The molecule has 0 saturated carbocycles. The van der Waals surface area contributed by atoms with Crippen LogP contribution in [0.15, 0.2) is 42.5 Å². The van der Waals surface area contributed by atoms with E-state index in [1.54, 1.807) is 38.5 Å². The summed E-state index contributed by atoms with van der Waals surface area (Å²) in [7, 11) is 4.57. The largest absolute Gasteiger partial charge is 0.465 e. The fourth-order valence-corrected chi connectivity index (χ4v) is 4.95. The van der Waals surface area contributed by atoms with Gasteiger partial charge in [0.25, 0.3) is 0 Å². The van der Waals surface area contributed by atoms with Crippen molar-refractivity contribution in [3.8, 4) is 0 Å². The van der Waals surface area contributed by atoms with Gasteiger partial charge in [0.15, 0.2) is 5.79 Å². The molecule has 33 heavy (non-hydrogen) atoms. The highest BCUT2D eigenvalue weighted by Crippen LogP contribution is 2.47. The fourth-order valence-electron chi connectivity index (χ4n) is 4.95. The Hall–Kier alpha value is -2.50. The first kappa shape index (κ1) is 25.1. The number of carbonyl (C=O) groups is 2. The Morgan fingerprint density at radius 1 is 0.939 bits per heavy atom. The van der Waals surface area contributed by atoms with Crippen LogP contribution in [0.2, 0.25) is 0 Å². The Morgan fingerprint density at radius 2 is 1.52 bits per heavy atom. The number of hydrogen-bond donors (Lipinski definition) is 0. The molecule has 0 spiro atoms. The van der Waals surface area contributed by atoms with E-state index in [0.29, 0.717) is 12.0 Å². The molecule has 3 rings (SSSR count). The number of benzene rings is 2. The zero-order valence-corrected chi connectivity index (χ0v) is 20.9. The number of esters is 1. The van der Waals surface area contributed by atoms with Crippen molar-refractivity contribution in [2.24, 2.45) is 0 Å². The molecule has 0 fully saturated rings. The maximum absolute atomic E-state index is 12.1. The average Bonchev–Trinajstić information content (AvgIpc) is 2.83. The second kappa shape index (κ2) is 9.40. The molecule has 0 bridgehead atoms. The first-order valence-electron chi connectivity index (χ1n) is 11.4. The van der Waals surface area contributed by atoms with Gasteiger partial charge in [-0.3, -0.25) is 0 Å². The molecule has 5 nitrogen and oxygen atoms in total. The maximum Gasteiger partial charge on any atom is 0.337 e. The normalized spacial score (nSPS) is 17.7. The molecule has 1 atom stereocenters. The monoisotopic (exact) mass is 452 g/mol. The van der Waals surface area contributed by atoms with Crippen LogP contribution in [-0.4, -0.2) is 33.6 Å². The van der Waals surface area contributed by atoms with Gasteiger partial charge in [-0.25, -0.2) is 4.79 Å². The van der Waals surface area contributed by atoms with Gasteiger partial charge in [-0.05, 0) is 58.6 Å². The minimum Gasteiger partial charge on any atom is -0.465 e. The van der Waals surface area contributed by atoms with Crippen LogP contribution in [-0.2, 0) is 35.6 Å². The first-order chi connectivity index (χ1) is 15.5. The second-order valence-corrected chi connectivity index (χ2v) is 10.2. The summed E-state index contributed by atoms with van der Waals surface area (Å²) < 4.78 is 16.7. The third-order valence-corrected chi connectivity index (χ3v) is 7.36. The number of hydrogen-bond acceptors (Lipinski definition) is 5. The van der Waals surface area contributed by atoms with Crippen LogP contribution >= 0.6 is 0 Å². The Morgan fingerprint density at radius 3 is 2.03 bits per heavy atom. The summed E-state index contributed by atoms with van der Waals surface area (Å²) in [5.74, 6) is -1.97. The molecule has 178 valence electrons. The lowest BCUT2D eigenvalue weighted by atomic mass is 9.62. The summed E-state index contributed by atoms with van der Waals surface area (Å²) in [5, 5.41) is 0. The molecule has 1 unspecified atom stereocenters. The summed E-state index contributed by atoms with van der Waals surface area (Å²) in [6.45, 7) is 9.15. The van der Waals surface area contributed by atoms with Crippen molar-refractivity contribution in [2.45, 2.75) is 69.5 Å². The molecule has 2 aromatic carbocycles. The van der Waals surface area contributed by atoms with Crippen molar-refractivity contribution in [3.63, 3.8) is 0 Å². The molecule has 0 aliphatic heterocycles. The van der Waals surface area contributed by atoms with E-state index in [2.05, 4.69) is 45.9 Å². The smallest absolute Gasteiger partial charge is 0.337 e. The van der Waals surface area contributed by atoms with Gasteiger partial charge in [0.05, 0.1) is 12.7 Å². The van der Waals surface area contributed by atoms with Crippen molar-refractivity contribution in [3.05, 3.63) is 70.3 Å². The van der Waals surface area contributed by atoms with E-state index in [1.807, 2.05) is 0 Å². The topological polar surface area (TPSA) is 61.8 Å². The van der Waals surface area contributed by atoms with Gasteiger partial charge in [0, 0.05) is 32.1 Å². The van der Waals surface area contributed by atoms with Crippen LogP contribution in [0.4, 0.5) is 0 Å². The lowest BCUT2D eigenvalue weighted by Gasteiger charge is -2.43. The van der Waals surface area contributed by atoms with Gasteiger partial charge in [-0.2, -0.15) is 0 Å². The van der Waals surface area contributed by atoms with E-state index in [4.69, 9.17) is 14.2 Å². The van der Waals surface area contributed by atoms with E-state index in [9.17, 15) is 9.59 Å². The number of carbonyl (C=O) groups excluding carboxylic acids is 2.